The minimum Gasteiger partial charge on any atom is -0.260 e. The molecule has 1 atom stereocenters. The number of halogens is 4. The van der Waals surface area contributed by atoms with Crippen molar-refractivity contribution >= 4 is 10.0 Å². The van der Waals surface area contributed by atoms with E-state index in [1.807, 2.05) is 0 Å². The fourth-order valence-corrected chi connectivity index (χ4v) is 4.11. The van der Waals surface area contributed by atoms with Crippen LogP contribution in [-0.4, -0.2) is 29.4 Å². The van der Waals surface area contributed by atoms with Crippen LogP contribution >= 0.6 is 0 Å². The Hall–Kier alpha value is -2.79. The lowest BCUT2D eigenvalue weighted by molar-refractivity contribution is -0.153. The van der Waals surface area contributed by atoms with Crippen LogP contribution < -0.4 is 4.72 Å². The summed E-state index contributed by atoms with van der Waals surface area (Å²) >= 11 is 0. The van der Waals surface area contributed by atoms with Gasteiger partial charge in [0.15, 0.2) is 0 Å². The lowest BCUT2D eigenvalue weighted by Crippen LogP contribution is -2.38. The summed E-state index contributed by atoms with van der Waals surface area (Å²) in [5, 5.41) is 4.14. The molecule has 3 rings (SSSR count). The van der Waals surface area contributed by atoms with E-state index in [4.69, 9.17) is 0 Å². The van der Waals surface area contributed by atoms with Crippen molar-refractivity contribution in [2.24, 2.45) is 0 Å². The van der Waals surface area contributed by atoms with Crippen LogP contribution in [0.2, 0.25) is 0 Å². The van der Waals surface area contributed by atoms with Crippen molar-refractivity contribution in [3.05, 3.63) is 71.6 Å². The fraction of sp³-hybridized carbons (Fsp3) is 0.222. The molecule has 0 amide bonds. The number of aromatic nitrogens is 3. The molecular formula is C18H16F4N4O2S. The van der Waals surface area contributed by atoms with Crippen molar-refractivity contribution in [2.75, 3.05) is 0 Å². The summed E-state index contributed by atoms with van der Waals surface area (Å²) < 4.78 is 82.7. The molecule has 29 heavy (non-hydrogen) atoms. The Morgan fingerprint density at radius 1 is 1.10 bits per heavy atom. The number of rotatable bonds is 5. The predicted molar refractivity (Wildman–Crippen MR) is 96.4 cm³/mol. The molecule has 2 aromatic heterocycles. The standard InChI is InChI=1S/C18H16F4N4O2S/c1-11-16(12(2)26(24-11)14-6-4-3-5-7-14)17(18(20,21)22)25-29(27,28)15-8-13(19)9-23-10-15/h3-10,17,25H,1-2H3/t17-/m1/s1. The van der Waals surface area contributed by atoms with Gasteiger partial charge in [0.2, 0.25) is 10.0 Å². The van der Waals surface area contributed by atoms with Crippen LogP contribution in [0.5, 0.6) is 0 Å². The number of alkyl halides is 3. The van der Waals surface area contributed by atoms with E-state index in [9.17, 15) is 26.0 Å². The van der Waals surface area contributed by atoms with Crippen molar-refractivity contribution in [1.29, 1.82) is 0 Å². The smallest absolute Gasteiger partial charge is 0.260 e. The van der Waals surface area contributed by atoms with Crippen LogP contribution in [0, 0.1) is 19.7 Å². The van der Waals surface area contributed by atoms with Gasteiger partial charge in [-0.3, -0.25) is 4.98 Å². The normalized spacial score (nSPS) is 13.4. The van der Waals surface area contributed by atoms with Gasteiger partial charge in [-0.05, 0) is 32.0 Å². The van der Waals surface area contributed by atoms with E-state index in [1.54, 1.807) is 35.1 Å². The Morgan fingerprint density at radius 2 is 1.76 bits per heavy atom. The highest BCUT2D eigenvalue weighted by Crippen LogP contribution is 2.37. The van der Waals surface area contributed by atoms with Crippen LogP contribution in [0.25, 0.3) is 5.69 Å². The van der Waals surface area contributed by atoms with Gasteiger partial charge in [-0.15, -0.1) is 0 Å². The molecule has 0 unspecified atom stereocenters. The Morgan fingerprint density at radius 3 is 2.34 bits per heavy atom. The molecule has 0 radical (unpaired) electrons. The van der Waals surface area contributed by atoms with E-state index in [1.165, 1.54) is 18.5 Å². The second-order valence-corrected chi connectivity index (χ2v) is 7.98. The van der Waals surface area contributed by atoms with Gasteiger partial charge in [0.25, 0.3) is 0 Å². The molecule has 0 aliphatic heterocycles. The zero-order valence-corrected chi connectivity index (χ0v) is 16.1. The van der Waals surface area contributed by atoms with Crippen LogP contribution in [0.4, 0.5) is 17.6 Å². The van der Waals surface area contributed by atoms with Crippen molar-refractivity contribution in [1.82, 2.24) is 19.5 Å². The molecule has 11 heteroatoms. The summed E-state index contributed by atoms with van der Waals surface area (Å²) in [6.07, 6.45) is -3.45. The number of para-hydroxylation sites is 1. The summed E-state index contributed by atoms with van der Waals surface area (Å²) in [7, 11) is -4.71. The molecule has 0 spiro atoms. The first-order chi connectivity index (χ1) is 13.5. The number of hydrogen-bond donors (Lipinski definition) is 1. The molecule has 0 fully saturated rings. The number of pyridine rings is 1. The lowest BCUT2D eigenvalue weighted by Gasteiger charge is -2.22. The van der Waals surface area contributed by atoms with Gasteiger partial charge >= 0.3 is 6.18 Å². The summed E-state index contributed by atoms with van der Waals surface area (Å²) in [5.74, 6) is -0.985. The van der Waals surface area contributed by atoms with E-state index in [-0.39, 0.29) is 17.0 Å². The summed E-state index contributed by atoms with van der Waals surface area (Å²) in [5.41, 5.74) is 0.330. The Bertz CT molecular complexity index is 1130. The van der Waals surface area contributed by atoms with Gasteiger partial charge in [-0.25, -0.2) is 17.5 Å². The number of nitrogens with one attached hydrogen (secondary N) is 1. The van der Waals surface area contributed by atoms with Crippen molar-refractivity contribution in [2.45, 2.75) is 31.0 Å². The minimum absolute atomic E-state index is 0.00810. The maximum Gasteiger partial charge on any atom is 0.409 e. The number of hydrogen-bond acceptors (Lipinski definition) is 4. The van der Waals surface area contributed by atoms with Gasteiger partial charge in [0.1, 0.15) is 16.8 Å². The highest BCUT2D eigenvalue weighted by molar-refractivity contribution is 7.89. The molecular weight excluding hydrogens is 412 g/mol. The average molecular weight is 428 g/mol. The highest BCUT2D eigenvalue weighted by atomic mass is 32.2. The molecule has 6 nitrogen and oxygen atoms in total. The second-order valence-electron chi connectivity index (χ2n) is 6.27. The largest absolute Gasteiger partial charge is 0.409 e. The van der Waals surface area contributed by atoms with E-state index in [0.717, 1.165) is 12.4 Å². The molecule has 3 aromatic rings. The number of sulfonamides is 1. The summed E-state index contributed by atoms with van der Waals surface area (Å²) in [6.45, 7) is 2.78. The van der Waals surface area contributed by atoms with E-state index >= 15 is 0 Å². The summed E-state index contributed by atoms with van der Waals surface area (Å²) in [4.78, 5) is 2.67. The first kappa shape index (κ1) is 20.9. The van der Waals surface area contributed by atoms with Crippen LogP contribution in [0.1, 0.15) is 23.0 Å². The zero-order chi connectivity index (χ0) is 21.4. The Kier molecular flexibility index (Phi) is 5.46. The second kappa shape index (κ2) is 7.56. The monoisotopic (exact) mass is 428 g/mol. The molecule has 1 N–H and O–H groups in total. The predicted octanol–water partition coefficient (Wildman–Crippen LogP) is 3.61. The van der Waals surface area contributed by atoms with E-state index < -0.39 is 33.0 Å². The first-order valence-corrected chi connectivity index (χ1v) is 9.80. The molecule has 1 aromatic carbocycles. The molecule has 0 saturated heterocycles. The Labute approximate surface area is 164 Å². The van der Waals surface area contributed by atoms with Gasteiger partial charge in [-0.1, -0.05) is 18.2 Å². The van der Waals surface area contributed by atoms with Crippen LogP contribution in [0.3, 0.4) is 0 Å². The lowest BCUT2D eigenvalue weighted by atomic mass is 10.1. The third kappa shape index (κ3) is 4.30. The third-order valence-electron chi connectivity index (χ3n) is 4.23. The van der Waals surface area contributed by atoms with Gasteiger partial charge in [0.05, 0.1) is 17.6 Å². The number of aryl methyl sites for hydroxylation is 1. The molecule has 0 saturated carbocycles. The quantitative estimate of drug-likeness (QED) is 0.630. The topological polar surface area (TPSA) is 76.9 Å². The number of benzene rings is 1. The molecule has 154 valence electrons. The average Bonchev–Trinajstić information content (AvgIpc) is 2.94. The maximum absolute atomic E-state index is 13.8. The number of nitrogens with zero attached hydrogens (tertiary/aromatic N) is 3. The van der Waals surface area contributed by atoms with Gasteiger partial charge in [-0.2, -0.15) is 23.0 Å². The van der Waals surface area contributed by atoms with Gasteiger partial charge < -0.3 is 0 Å². The zero-order valence-electron chi connectivity index (χ0n) is 15.3. The highest BCUT2D eigenvalue weighted by Gasteiger charge is 2.46. The molecule has 0 aliphatic carbocycles. The Balaban J connectivity index is 2.09. The minimum atomic E-state index is -4.96. The third-order valence-corrected chi connectivity index (χ3v) is 5.62. The van der Waals surface area contributed by atoms with Gasteiger partial charge in [0, 0.05) is 17.5 Å². The SMILES string of the molecule is Cc1nn(-c2ccccc2)c(C)c1[C@@H](NS(=O)(=O)c1cncc(F)c1)C(F)(F)F. The van der Waals surface area contributed by atoms with E-state index in [0.29, 0.717) is 11.8 Å². The maximum atomic E-state index is 13.8. The molecule has 0 bridgehead atoms. The summed E-state index contributed by atoms with van der Waals surface area (Å²) in [6, 6.07) is 6.49. The van der Waals surface area contributed by atoms with Crippen LogP contribution in [-0.2, 0) is 10.0 Å². The molecule has 2 heterocycles. The van der Waals surface area contributed by atoms with Crippen molar-refractivity contribution in [3.63, 3.8) is 0 Å². The first-order valence-electron chi connectivity index (χ1n) is 8.32. The van der Waals surface area contributed by atoms with Crippen molar-refractivity contribution in [3.8, 4) is 5.69 Å². The van der Waals surface area contributed by atoms with E-state index in [2.05, 4.69) is 10.1 Å². The fourth-order valence-electron chi connectivity index (χ4n) is 2.95. The van der Waals surface area contributed by atoms with Crippen molar-refractivity contribution < 1.29 is 26.0 Å². The van der Waals surface area contributed by atoms with Crippen LogP contribution in [0.15, 0.2) is 53.7 Å². The molecule has 0 aliphatic rings.